The Kier molecular flexibility index (Phi) is 14.1. The number of halogens is 4. The molecule has 0 saturated carbocycles. The number of hydrogen-bond acceptors (Lipinski definition) is 1. The summed E-state index contributed by atoms with van der Waals surface area (Å²) in [6.07, 6.45) is 12.4. The molecule has 0 aromatic carbocycles. The van der Waals surface area contributed by atoms with E-state index >= 15 is 0 Å². The van der Waals surface area contributed by atoms with E-state index in [9.17, 15) is 0 Å². The monoisotopic (exact) mass is 414 g/mol. The van der Waals surface area contributed by atoms with Crippen molar-refractivity contribution in [2.75, 3.05) is 0 Å². The first-order chi connectivity index (χ1) is 8.45. The molecule has 1 nitrogen and oxygen atoms in total. The van der Waals surface area contributed by atoms with E-state index in [1.54, 1.807) is 0 Å². The van der Waals surface area contributed by atoms with Crippen LogP contribution in [-0.2, 0) is 19.9 Å². The van der Waals surface area contributed by atoms with E-state index in [0.717, 1.165) is 12.8 Å². The molecule has 0 aliphatic rings. The molecular weight excluding hydrogens is 393 g/mol. The van der Waals surface area contributed by atoms with E-state index in [2.05, 4.69) is 6.92 Å². The normalized spacial score (nSPS) is 13.8. The van der Waals surface area contributed by atoms with Crippen LogP contribution in [0.5, 0.6) is 0 Å². The quantitative estimate of drug-likeness (QED) is 0.245. The van der Waals surface area contributed by atoms with Crippen LogP contribution in [0.3, 0.4) is 0 Å². The fraction of sp³-hybridized carbons (Fsp3) is 1.00. The zero-order chi connectivity index (χ0) is 13.9. The summed E-state index contributed by atoms with van der Waals surface area (Å²) in [6.45, 7) is 2.24. The fourth-order valence-corrected chi connectivity index (χ4v) is 6.48. The van der Waals surface area contributed by atoms with Gasteiger partial charge in [0.2, 0.25) is 0 Å². The molecule has 0 N–H and O–H groups in total. The van der Waals surface area contributed by atoms with Crippen molar-refractivity contribution >= 4 is 37.1 Å². The minimum atomic E-state index is -3.71. The number of rotatable bonds is 12. The molecule has 0 aromatic rings. The second kappa shape index (κ2) is 12.7. The Morgan fingerprint density at radius 2 is 1.28 bits per heavy atom. The number of hydrogen-bond donors (Lipinski definition) is 0. The van der Waals surface area contributed by atoms with Crippen molar-refractivity contribution < 1.29 is 19.9 Å². The van der Waals surface area contributed by atoms with Crippen molar-refractivity contribution in [1.29, 1.82) is 0 Å². The van der Waals surface area contributed by atoms with Crippen LogP contribution in [0.1, 0.15) is 71.1 Å². The second-order valence-electron chi connectivity index (χ2n) is 4.59. The Morgan fingerprint density at radius 1 is 0.833 bits per heavy atom. The Bertz CT molecular complexity index is 187. The van der Waals surface area contributed by atoms with Crippen molar-refractivity contribution in [3.05, 3.63) is 0 Å². The van der Waals surface area contributed by atoms with Gasteiger partial charge in [0.15, 0.2) is 0 Å². The van der Waals surface area contributed by atoms with E-state index in [1.807, 2.05) is 0 Å². The Hall–Kier alpha value is 2.00. The summed E-state index contributed by atoms with van der Waals surface area (Å²) in [7, 11) is 17.1. The molecule has 0 aliphatic carbocycles. The fourth-order valence-electron chi connectivity index (χ4n) is 1.82. The van der Waals surface area contributed by atoms with Crippen molar-refractivity contribution in [3.63, 3.8) is 0 Å². The van der Waals surface area contributed by atoms with Crippen molar-refractivity contribution in [2.24, 2.45) is 0 Å². The van der Waals surface area contributed by atoms with Gasteiger partial charge < -0.3 is 0 Å². The molecule has 0 heterocycles. The van der Waals surface area contributed by atoms with E-state index in [4.69, 9.17) is 40.0 Å². The molecule has 0 fully saturated rings. The van der Waals surface area contributed by atoms with Crippen LogP contribution in [0, 0.1) is 0 Å². The summed E-state index contributed by atoms with van der Waals surface area (Å²) < 4.78 is 5.18. The predicted molar refractivity (Wildman–Crippen MR) is 80.1 cm³/mol. The molecule has 0 rings (SSSR count). The Morgan fingerprint density at radius 3 is 1.72 bits per heavy atom. The van der Waals surface area contributed by atoms with Crippen LogP contribution in [0.15, 0.2) is 0 Å². The molecular formula is C12H24Cl4OZr. The molecule has 0 bridgehead atoms. The summed E-state index contributed by atoms with van der Waals surface area (Å²) in [5, 5.41) is 0. The summed E-state index contributed by atoms with van der Waals surface area (Å²) in [5.41, 5.74) is -0.419. The Balaban J connectivity index is 3.20. The Labute approximate surface area is 133 Å². The third-order valence-electron chi connectivity index (χ3n) is 2.80. The molecule has 0 spiro atoms. The SMILES string of the molecule is CCCCCCCCCCCC(Cl)[O][Zr]([Cl])([Cl])[Cl]. The van der Waals surface area contributed by atoms with Gasteiger partial charge >= 0.3 is 127 Å². The van der Waals surface area contributed by atoms with Crippen LogP contribution >= 0.6 is 37.1 Å². The third kappa shape index (κ3) is 16.1. The van der Waals surface area contributed by atoms with Gasteiger partial charge in [0.25, 0.3) is 0 Å². The standard InChI is InChI=1S/C12H24ClO.3ClH.Zr/c1-2-3-4-5-6-7-8-9-10-11-12(13)14;;;;/h12H,2-11H2,1H3;3*1H;/q-1;;;;+4/p-3. The predicted octanol–water partition coefficient (Wildman–Crippen LogP) is 7.02. The zero-order valence-electron chi connectivity index (χ0n) is 11.1. The van der Waals surface area contributed by atoms with Crippen molar-refractivity contribution in [3.8, 4) is 0 Å². The number of alkyl halides is 1. The second-order valence-corrected chi connectivity index (χ2v) is 20.7. The zero-order valence-corrected chi connectivity index (χ0v) is 16.6. The van der Waals surface area contributed by atoms with Gasteiger partial charge in [0.05, 0.1) is 0 Å². The van der Waals surface area contributed by atoms with Crippen molar-refractivity contribution in [2.45, 2.75) is 76.7 Å². The summed E-state index contributed by atoms with van der Waals surface area (Å²) >= 11 is 2.23. The summed E-state index contributed by atoms with van der Waals surface area (Å²) in [4.78, 5) is 0. The van der Waals surface area contributed by atoms with E-state index in [0.29, 0.717) is 0 Å². The van der Waals surface area contributed by atoms with Gasteiger partial charge in [-0.15, -0.1) is 0 Å². The molecule has 0 aromatic heterocycles. The van der Waals surface area contributed by atoms with Gasteiger partial charge in [-0.25, -0.2) is 0 Å². The van der Waals surface area contributed by atoms with Crippen LogP contribution in [0.4, 0.5) is 0 Å². The molecule has 1 atom stereocenters. The summed E-state index contributed by atoms with van der Waals surface area (Å²) in [5.74, 6) is 0. The van der Waals surface area contributed by atoms with Crippen LogP contribution in [-0.4, -0.2) is 5.56 Å². The maximum atomic E-state index is 5.94. The van der Waals surface area contributed by atoms with E-state index < -0.39 is 22.7 Å². The van der Waals surface area contributed by atoms with Gasteiger partial charge in [-0.2, -0.15) is 0 Å². The molecule has 18 heavy (non-hydrogen) atoms. The molecule has 0 amide bonds. The first-order valence-corrected chi connectivity index (χ1v) is 17.8. The molecule has 0 aliphatic heterocycles. The van der Waals surface area contributed by atoms with Gasteiger partial charge in [0, 0.05) is 0 Å². The van der Waals surface area contributed by atoms with E-state index in [-0.39, 0.29) is 0 Å². The van der Waals surface area contributed by atoms with Crippen LogP contribution in [0.2, 0.25) is 0 Å². The van der Waals surface area contributed by atoms with Gasteiger partial charge in [-0.05, 0) is 0 Å². The first-order valence-electron chi connectivity index (χ1n) is 6.84. The minimum absolute atomic E-state index is 0.419. The molecule has 0 radical (unpaired) electrons. The van der Waals surface area contributed by atoms with Gasteiger partial charge in [-0.1, -0.05) is 6.92 Å². The van der Waals surface area contributed by atoms with Crippen molar-refractivity contribution in [1.82, 2.24) is 0 Å². The third-order valence-corrected chi connectivity index (χ3v) is 6.41. The molecule has 0 saturated heterocycles. The maximum absolute atomic E-state index is 5.94. The average Bonchev–Trinajstić information content (AvgIpc) is 2.24. The molecule has 1 unspecified atom stereocenters. The molecule has 110 valence electrons. The van der Waals surface area contributed by atoms with E-state index in [1.165, 1.54) is 51.4 Å². The van der Waals surface area contributed by atoms with Gasteiger partial charge in [-0.3, -0.25) is 0 Å². The summed E-state index contributed by atoms with van der Waals surface area (Å²) in [6, 6.07) is 0. The first kappa shape index (κ1) is 20.0. The number of unbranched alkanes of at least 4 members (excludes halogenated alkanes) is 8. The van der Waals surface area contributed by atoms with Crippen LogP contribution in [0.25, 0.3) is 0 Å². The molecule has 6 heteroatoms. The van der Waals surface area contributed by atoms with Gasteiger partial charge in [0.1, 0.15) is 0 Å². The van der Waals surface area contributed by atoms with Crippen LogP contribution < -0.4 is 0 Å². The average molecular weight is 417 g/mol. The topological polar surface area (TPSA) is 9.23 Å².